The Morgan fingerprint density at radius 1 is 0.870 bits per heavy atom. The highest BCUT2D eigenvalue weighted by Crippen LogP contribution is 2.23. The quantitative estimate of drug-likeness (QED) is 0.722. The Morgan fingerprint density at radius 2 is 1.48 bits per heavy atom. The summed E-state index contributed by atoms with van der Waals surface area (Å²) in [5.74, 6) is 1.65. The van der Waals surface area contributed by atoms with E-state index in [1.54, 1.807) is 42.7 Å². The summed E-state index contributed by atoms with van der Waals surface area (Å²) in [6.07, 6.45) is 5.29. The van der Waals surface area contributed by atoms with Crippen molar-refractivity contribution in [3.63, 3.8) is 0 Å². The number of phenolic OH excluding ortho intramolecular Hbond substituents is 1. The number of nitrogens with zero attached hydrogens (tertiary/aromatic N) is 2. The van der Waals surface area contributed by atoms with Gasteiger partial charge in [0.05, 0.1) is 0 Å². The normalized spacial score (nSPS) is 10.3. The fourth-order valence-electron chi connectivity index (χ4n) is 2.14. The van der Waals surface area contributed by atoms with Crippen molar-refractivity contribution >= 4 is 0 Å². The first-order valence-corrected chi connectivity index (χ1v) is 7.22. The summed E-state index contributed by atoms with van der Waals surface area (Å²) in [6, 6.07) is 14.6. The van der Waals surface area contributed by atoms with Crippen LogP contribution in [-0.2, 0) is 0 Å². The Kier molecular flexibility index (Phi) is 4.34. The number of aromatic nitrogens is 2. The van der Waals surface area contributed by atoms with Gasteiger partial charge in [0.1, 0.15) is 18.1 Å². The molecule has 0 aliphatic rings. The van der Waals surface area contributed by atoms with Crippen LogP contribution in [0.25, 0.3) is 22.5 Å². The van der Waals surface area contributed by atoms with E-state index < -0.39 is 0 Å². The molecule has 114 valence electrons. The molecule has 0 atom stereocenters. The lowest BCUT2D eigenvalue weighted by molar-refractivity contribution is 0.363. The molecule has 0 aliphatic heterocycles. The predicted molar refractivity (Wildman–Crippen MR) is 90.3 cm³/mol. The SMILES string of the molecule is C=CCOc1ccc(-c2cnc(-c3ccc(O)cc3)nc2)cc1. The molecule has 4 heteroatoms. The van der Waals surface area contributed by atoms with Gasteiger partial charge in [-0.3, -0.25) is 0 Å². The van der Waals surface area contributed by atoms with Crippen LogP contribution in [0.4, 0.5) is 0 Å². The molecule has 3 rings (SSSR count). The first kappa shape index (κ1) is 14.8. The molecule has 0 radical (unpaired) electrons. The molecule has 0 unspecified atom stereocenters. The first-order chi connectivity index (χ1) is 11.3. The summed E-state index contributed by atoms with van der Waals surface area (Å²) in [4.78, 5) is 8.78. The van der Waals surface area contributed by atoms with Crippen LogP contribution in [-0.4, -0.2) is 21.7 Å². The lowest BCUT2D eigenvalue weighted by Crippen LogP contribution is -1.92. The van der Waals surface area contributed by atoms with Crippen molar-refractivity contribution in [2.75, 3.05) is 6.61 Å². The standard InChI is InChI=1S/C19H16N2O2/c1-2-11-23-18-9-5-14(6-10-18)16-12-20-19(21-13-16)15-3-7-17(22)8-4-15/h2-10,12-13,22H,1,11H2. The first-order valence-electron chi connectivity index (χ1n) is 7.22. The number of hydrogen-bond acceptors (Lipinski definition) is 4. The van der Waals surface area contributed by atoms with Gasteiger partial charge in [0, 0.05) is 23.5 Å². The molecule has 0 saturated carbocycles. The van der Waals surface area contributed by atoms with Gasteiger partial charge in [-0.15, -0.1) is 0 Å². The van der Waals surface area contributed by atoms with Gasteiger partial charge in [-0.25, -0.2) is 9.97 Å². The molecule has 23 heavy (non-hydrogen) atoms. The van der Waals surface area contributed by atoms with E-state index in [0.717, 1.165) is 22.4 Å². The molecule has 1 N–H and O–H groups in total. The molecule has 3 aromatic rings. The minimum atomic E-state index is 0.226. The molecule has 0 aliphatic carbocycles. The van der Waals surface area contributed by atoms with E-state index in [0.29, 0.717) is 12.4 Å². The van der Waals surface area contributed by atoms with Crippen LogP contribution >= 0.6 is 0 Å². The number of rotatable bonds is 5. The summed E-state index contributed by atoms with van der Waals surface area (Å²) in [7, 11) is 0. The topological polar surface area (TPSA) is 55.2 Å². The molecule has 0 saturated heterocycles. The summed E-state index contributed by atoms with van der Waals surface area (Å²) >= 11 is 0. The Labute approximate surface area is 134 Å². The second-order valence-corrected chi connectivity index (χ2v) is 4.97. The van der Waals surface area contributed by atoms with Crippen LogP contribution in [0.15, 0.2) is 73.6 Å². The van der Waals surface area contributed by atoms with E-state index in [9.17, 15) is 5.11 Å². The van der Waals surface area contributed by atoms with E-state index in [1.165, 1.54) is 0 Å². The molecule has 0 fully saturated rings. The Bertz CT molecular complexity index is 779. The highest BCUT2D eigenvalue weighted by atomic mass is 16.5. The highest BCUT2D eigenvalue weighted by Gasteiger charge is 2.04. The van der Waals surface area contributed by atoms with Gasteiger partial charge < -0.3 is 9.84 Å². The van der Waals surface area contributed by atoms with Crippen LogP contribution in [0.5, 0.6) is 11.5 Å². The fraction of sp³-hybridized carbons (Fsp3) is 0.0526. The molecule has 0 spiro atoms. The zero-order chi connectivity index (χ0) is 16.1. The maximum atomic E-state index is 9.32. The maximum absolute atomic E-state index is 9.32. The summed E-state index contributed by atoms with van der Waals surface area (Å²) in [6.45, 7) is 4.11. The summed E-state index contributed by atoms with van der Waals surface area (Å²) < 4.78 is 5.46. The van der Waals surface area contributed by atoms with Gasteiger partial charge >= 0.3 is 0 Å². The average molecular weight is 304 g/mol. The molecule has 0 bridgehead atoms. The van der Waals surface area contributed by atoms with E-state index >= 15 is 0 Å². The number of hydrogen-bond donors (Lipinski definition) is 1. The van der Waals surface area contributed by atoms with E-state index in [4.69, 9.17) is 4.74 Å². The molecular formula is C19H16N2O2. The van der Waals surface area contributed by atoms with Gasteiger partial charge in [-0.2, -0.15) is 0 Å². The van der Waals surface area contributed by atoms with Crippen molar-refractivity contribution in [2.45, 2.75) is 0 Å². The average Bonchev–Trinajstić information content (AvgIpc) is 2.61. The van der Waals surface area contributed by atoms with Crippen molar-refractivity contribution in [1.82, 2.24) is 9.97 Å². The highest BCUT2D eigenvalue weighted by molar-refractivity contribution is 5.64. The summed E-state index contributed by atoms with van der Waals surface area (Å²) in [5.41, 5.74) is 2.82. The second kappa shape index (κ2) is 6.75. The van der Waals surface area contributed by atoms with Crippen molar-refractivity contribution < 1.29 is 9.84 Å². The number of benzene rings is 2. The second-order valence-electron chi connectivity index (χ2n) is 4.97. The summed E-state index contributed by atoms with van der Waals surface area (Å²) in [5, 5.41) is 9.32. The van der Waals surface area contributed by atoms with Crippen molar-refractivity contribution in [2.24, 2.45) is 0 Å². The zero-order valence-corrected chi connectivity index (χ0v) is 12.5. The van der Waals surface area contributed by atoms with Crippen molar-refractivity contribution in [3.05, 3.63) is 73.6 Å². The minimum absolute atomic E-state index is 0.226. The largest absolute Gasteiger partial charge is 0.508 e. The van der Waals surface area contributed by atoms with Gasteiger partial charge in [-0.1, -0.05) is 24.8 Å². The fourth-order valence-corrected chi connectivity index (χ4v) is 2.14. The van der Waals surface area contributed by atoms with Crippen LogP contribution < -0.4 is 4.74 Å². The van der Waals surface area contributed by atoms with Crippen LogP contribution in [0.2, 0.25) is 0 Å². The smallest absolute Gasteiger partial charge is 0.159 e. The molecular weight excluding hydrogens is 288 g/mol. The molecule has 1 heterocycles. The molecule has 2 aromatic carbocycles. The van der Waals surface area contributed by atoms with Gasteiger partial charge in [0.25, 0.3) is 0 Å². The predicted octanol–water partition coefficient (Wildman–Crippen LogP) is 4.08. The third-order valence-electron chi connectivity index (χ3n) is 3.33. The Morgan fingerprint density at radius 3 is 2.09 bits per heavy atom. The van der Waals surface area contributed by atoms with E-state index in [2.05, 4.69) is 16.5 Å². The monoisotopic (exact) mass is 304 g/mol. The molecule has 4 nitrogen and oxygen atoms in total. The van der Waals surface area contributed by atoms with E-state index in [-0.39, 0.29) is 5.75 Å². The Balaban J connectivity index is 1.79. The lowest BCUT2D eigenvalue weighted by Gasteiger charge is -2.06. The molecule has 0 amide bonds. The minimum Gasteiger partial charge on any atom is -0.508 e. The number of ether oxygens (including phenoxy) is 1. The van der Waals surface area contributed by atoms with Crippen LogP contribution in [0.3, 0.4) is 0 Å². The van der Waals surface area contributed by atoms with Gasteiger partial charge in [0.2, 0.25) is 0 Å². The lowest BCUT2D eigenvalue weighted by atomic mass is 10.1. The maximum Gasteiger partial charge on any atom is 0.159 e. The third kappa shape index (κ3) is 3.55. The van der Waals surface area contributed by atoms with Crippen LogP contribution in [0.1, 0.15) is 0 Å². The third-order valence-corrected chi connectivity index (χ3v) is 3.33. The Hall–Kier alpha value is -3.14. The zero-order valence-electron chi connectivity index (χ0n) is 12.5. The van der Waals surface area contributed by atoms with E-state index in [1.807, 2.05) is 24.3 Å². The number of aromatic hydroxyl groups is 1. The van der Waals surface area contributed by atoms with Gasteiger partial charge in [0.15, 0.2) is 5.82 Å². The molecule has 1 aromatic heterocycles. The van der Waals surface area contributed by atoms with Crippen molar-refractivity contribution in [3.8, 4) is 34.0 Å². The van der Waals surface area contributed by atoms with Crippen LogP contribution in [0, 0.1) is 0 Å². The number of phenols is 1. The van der Waals surface area contributed by atoms with Crippen molar-refractivity contribution in [1.29, 1.82) is 0 Å². The van der Waals surface area contributed by atoms with Gasteiger partial charge in [-0.05, 0) is 42.0 Å².